The molecule has 0 saturated carbocycles. The average Bonchev–Trinajstić information content (AvgIpc) is 2.76. The molecule has 0 saturated heterocycles. The fraction of sp³-hybridized carbons (Fsp3) is 0.400. The quantitative estimate of drug-likeness (QED) is 0.869. The topological polar surface area (TPSA) is 69.7 Å². The number of hydrogen-bond acceptors (Lipinski definition) is 5. The van der Waals surface area contributed by atoms with Gasteiger partial charge in [-0.2, -0.15) is 13.2 Å². The molecule has 0 radical (unpaired) electrons. The molecule has 0 fully saturated rings. The summed E-state index contributed by atoms with van der Waals surface area (Å²) in [4.78, 5) is 0. The van der Waals surface area contributed by atoms with Crippen LogP contribution < -0.4 is 0 Å². The van der Waals surface area contributed by atoms with Crippen LogP contribution in [0.15, 0.2) is 38.9 Å². The molecule has 1 aromatic carbocycles. The van der Waals surface area contributed by atoms with E-state index >= 15 is 0 Å². The molecular formula is C10H9F3N4O. The lowest BCUT2D eigenvalue weighted by Gasteiger charge is -2.17. The van der Waals surface area contributed by atoms with Crippen molar-refractivity contribution in [1.29, 1.82) is 0 Å². The second-order valence-corrected chi connectivity index (χ2v) is 3.97. The van der Waals surface area contributed by atoms with Crippen LogP contribution in [0.2, 0.25) is 0 Å². The zero-order chi connectivity index (χ0) is 13.4. The van der Waals surface area contributed by atoms with Gasteiger partial charge >= 0.3 is 6.18 Å². The Kier molecular flexibility index (Phi) is 2.89. The minimum absolute atomic E-state index is 0.137. The molecule has 1 aliphatic heterocycles. The number of hydrogen-bond donors (Lipinski definition) is 1. The highest BCUT2D eigenvalue weighted by atomic mass is 19.4. The molecule has 2 rings (SSSR count). The van der Waals surface area contributed by atoms with Crippen molar-refractivity contribution in [2.75, 3.05) is 0 Å². The van der Waals surface area contributed by atoms with Gasteiger partial charge in [-0.3, -0.25) is 0 Å². The van der Waals surface area contributed by atoms with E-state index in [0.717, 1.165) is 12.1 Å². The zero-order valence-corrected chi connectivity index (χ0v) is 9.31. The Morgan fingerprint density at radius 1 is 1.17 bits per heavy atom. The number of halogens is 3. The van der Waals surface area contributed by atoms with E-state index in [2.05, 4.69) is 20.7 Å². The number of nitrogens with zero attached hydrogens (tertiary/aromatic N) is 4. The molecule has 5 nitrogen and oxygen atoms in total. The van der Waals surface area contributed by atoms with E-state index in [4.69, 9.17) is 5.11 Å². The van der Waals surface area contributed by atoms with E-state index < -0.39 is 24.0 Å². The summed E-state index contributed by atoms with van der Waals surface area (Å²) in [6.07, 6.45) is -4.50. The smallest absolute Gasteiger partial charge is 0.392 e. The van der Waals surface area contributed by atoms with E-state index in [-0.39, 0.29) is 11.1 Å². The van der Waals surface area contributed by atoms with Gasteiger partial charge in [0.05, 0.1) is 12.2 Å². The van der Waals surface area contributed by atoms with E-state index in [1.165, 1.54) is 13.0 Å². The first-order chi connectivity index (χ1) is 8.35. The van der Waals surface area contributed by atoms with Gasteiger partial charge in [0.15, 0.2) is 0 Å². The lowest BCUT2D eigenvalue weighted by Crippen LogP contribution is -2.16. The maximum absolute atomic E-state index is 12.7. The summed E-state index contributed by atoms with van der Waals surface area (Å²) in [6, 6.07) is 3.22. The van der Waals surface area contributed by atoms with Crippen molar-refractivity contribution in [3.8, 4) is 0 Å². The van der Waals surface area contributed by atoms with Crippen molar-refractivity contribution in [3.63, 3.8) is 0 Å². The molecule has 18 heavy (non-hydrogen) atoms. The van der Waals surface area contributed by atoms with Crippen LogP contribution >= 0.6 is 0 Å². The summed E-state index contributed by atoms with van der Waals surface area (Å²) in [7, 11) is 0. The van der Waals surface area contributed by atoms with Crippen molar-refractivity contribution in [2.24, 2.45) is 20.7 Å². The fourth-order valence-electron chi connectivity index (χ4n) is 1.57. The number of rotatable bonds is 2. The molecule has 0 aromatic heterocycles. The number of aliphatic hydroxyl groups is 1. The van der Waals surface area contributed by atoms with Crippen molar-refractivity contribution < 1.29 is 18.3 Å². The van der Waals surface area contributed by atoms with Gasteiger partial charge in [0.25, 0.3) is 0 Å². The third-order valence-corrected chi connectivity index (χ3v) is 2.57. The second-order valence-electron chi connectivity index (χ2n) is 3.97. The van der Waals surface area contributed by atoms with Gasteiger partial charge < -0.3 is 5.11 Å². The largest absolute Gasteiger partial charge is 0.416 e. The number of aliphatic hydroxyl groups excluding tert-OH is 1. The summed E-state index contributed by atoms with van der Waals surface area (Å²) < 4.78 is 38.1. The summed E-state index contributed by atoms with van der Waals surface area (Å²) in [6.45, 7) is 0.991. The summed E-state index contributed by atoms with van der Waals surface area (Å²) in [5.41, 5.74) is -1.79. The molecule has 96 valence electrons. The molecule has 1 N–H and O–H groups in total. The van der Waals surface area contributed by atoms with Crippen LogP contribution in [-0.2, 0) is 18.4 Å². The number of alkyl halides is 3. The molecular weight excluding hydrogens is 249 g/mol. The van der Waals surface area contributed by atoms with Crippen molar-refractivity contribution in [1.82, 2.24) is 0 Å². The lowest BCUT2D eigenvalue weighted by molar-refractivity contribution is -0.137. The Labute approximate surface area is 100 Å². The van der Waals surface area contributed by atoms with Crippen LogP contribution in [0, 0.1) is 0 Å². The predicted molar refractivity (Wildman–Crippen MR) is 54.4 cm³/mol. The average molecular weight is 258 g/mol. The molecule has 1 heterocycles. The highest BCUT2D eigenvalue weighted by Gasteiger charge is 2.35. The van der Waals surface area contributed by atoms with Gasteiger partial charge in [-0.1, -0.05) is 0 Å². The van der Waals surface area contributed by atoms with Crippen LogP contribution in [0.1, 0.15) is 23.6 Å². The fourth-order valence-corrected chi connectivity index (χ4v) is 1.57. The highest BCUT2D eigenvalue weighted by molar-refractivity contribution is 5.35. The van der Waals surface area contributed by atoms with E-state index in [9.17, 15) is 13.2 Å². The summed E-state index contributed by atoms with van der Waals surface area (Å²) in [5, 5.41) is 23.0. The second kappa shape index (κ2) is 4.13. The van der Waals surface area contributed by atoms with Crippen LogP contribution in [0.25, 0.3) is 0 Å². The van der Waals surface area contributed by atoms with Gasteiger partial charge in [-0.15, -0.1) is 10.2 Å². The standard InChI is InChI=1S/C10H9F3N4O/c1-9(14-16-17-15-9)7-2-6(5-18)3-8(4-7)10(11,12)13/h2-4,18H,5H2,1H3. The van der Waals surface area contributed by atoms with E-state index in [1.807, 2.05) is 0 Å². The lowest BCUT2D eigenvalue weighted by atomic mass is 9.97. The first-order valence-corrected chi connectivity index (χ1v) is 5.02. The molecule has 0 bridgehead atoms. The summed E-state index contributed by atoms with van der Waals surface area (Å²) in [5.74, 6) is 0. The maximum atomic E-state index is 12.7. The van der Waals surface area contributed by atoms with Gasteiger partial charge in [0.1, 0.15) is 0 Å². The Morgan fingerprint density at radius 3 is 2.28 bits per heavy atom. The van der Waals surface area contributed by atoms with Gasteiger partial charge in [-0.25, -0.2) is 0 Å². The molecule has 0 aliphatic carbocycles. The Bertz CT molecular complexity index is 512. The SMILES string of the molecule is CC1(c2cc(CO)cc(C(F)(F)F)c2)N=NN=N1. The minimum atomic E-state index is -4.50. The summed E-state index contributed by atoms with van der Waals surface area (Å²) >= 11 is 0. The minimum Gasteiger partial charge on any atom is -0.392 e. The van der Waals surface area contributed by atoms with E-state index in [0.29, 0.717) is 0 Å². The van der Waals surface area contributed by atoms with Gasteiger partial charge in [0, 0.05) is 5.56 Å². The Balaban J connectivity index is 2.55. The molecule has 0 amide bonds. The first-order valence-electron chi connectivity index (χ1n) is 5.02. The van der Waals surface area contributed by atoms with Gasteiger partial charge in [-0.05, 0) is 41.1 Å². The van der Waals surface area contributed by atoms with E-state index in [1.54, 1.807) is 0 Å². The molecule has 8 heteroatoms. The van der Waals surface area contributed by atoms with Crippen molar-refractivity contribution >= 4 is 0 Å². The van der Waals surface area contributed by atoms with Crippen molar-refractivity contribution in [2.45, 2.75) is 25.4 Å². The maximum Gasteiger partial charge on any atom is 0.416 e. The molecule has 1 aromatic rings. The Morgan fingerprint density at radius 2 is 1.78 bits per heavy atom. The molecule has 0 spiro atoms. The first kappa shape index (κ1) is 12.6. The van der Waals surface area contributed by atoms with Crippen LogP contribution in [-0.4, -0.2) is 5.11 Å². The van der Waals surface area contributed by atoms with Crippen molar-refractivity contribution in [3.05, 3.63) is 34.9 Å². The third kappa shape index (κ3) is 2.23. The molecule has 1 aliphatic rings. The molecule has 0 unspecified atom stereocenters. The molecule has 0 atom stereocenters. The highest BCUT2D eigenvalue weighted by Crippen LogP contribution is 2.37. The van der Waals surface area contributed by atoms with Crippen LogP contribution in [0.5, 0.6) is 0 Å². The third-order valence-electron chi connectivity index (χ3n) is 2.57. The Hall–Kier alpha value is -1.83. The normalized spacial score (nSPS) is 17.4. The number of benzene rings is 1. The zero-order valence-electron chi connectivity index (χ0n) is 9.31. The predicted octanol–water partition coefficient (Wildman–Crippen LogP) is 3.20. The van der Waals surface area contributed by atoms with Crippen LogP contribution in [0.4, 0.5) is 13.2 Å². The van der Waals surface area contributed by atoms with Gasteiger partial charge in [0.2, 0.25) is 5.66 Å². The monoisotopic (exact) mass is 258 g/mol. The van der Waals surface area contributed by atoms with Crippen LogP contribution in [0.3, 0.4) is 0 Å².